The third-order valence-electron chi connectivity index (χ3n) is 4.81. The van der Waals surface area contributed by atoms with Gasteiger partial charge in [0, 0.05) is 17.5 Å². The minimum atomic E-state index is -3.77. The predicted octanol–water partition coefficient (Wildman–Crippen LogP) is 0.912. The number of thioether (sulfide) groups is 1. The zero-order valence-corrected chi connectivity index (χ0v) is 14.6. The van der Waals surface area contributed by atoms with E-state index in [-0.39, 0.29) is 16.8 Å². The molecule has 3 atom stereocenters. The van der Waals surface area contributed by atoms with Crippen LogP contribution in [0.2, 0.25) is 0 Å². The smallest absolute Gasteiger partial charge is 0.244 e. The van der Waals surface area contributed by atoms with E-state index in [0.717, 1.165) is 17.7 Å². The van der Waals surface area contributed by atoms with Crippen molar-refractivity contribution in [2.75, 3.05) is 11.9 Å². The maximum atomic E-state index is 13.2. The van der Waals surface area contributed by atoms with Crippen LogP contribution in [0.1, 0.15) is 25.7 Å². The van der Waals surface area contributed by atoms with Crippen molar-refractivity contribution in [1.29, 1.82) is 0 Å². The fourth-order valence-electron chi connectivity index (χ4n) is 3.71. The average Bonchev–Trinajstić information content (AvgIpc) is 2.89. The van der Waals surface area contributed by atoms with E-state index >= 15 is 0 Å². The highest BCUT2D eigenvalue weighted by molar-refractivity contribution is 8.00. The van der Waals surface area contributed by atoms with Crippen LogP contribution in [0.3, 0.4) is 0 Å². The quantitative estimate of drug-likeness (QED) is 0.717. The third kappa shape index (κ3) is 2.59. The molecular formula is C15H19N3O4S2. The Bertz CT molecular complexity index is 783. The lowest BCUT2D eigenvalue weighted by atomic mass is 9.98. The Balaban J connectivity index is 1.74. The van der Waals surface area contributed by atoms with Gasteiger partial charge in [-0.1, -0.05) is 11.8 Å². The lowest BCUT2D eigenvalue weighted by molar-refractivity contribution is -0.125. The molecule has 0 saturated carbocycles. The van der Waals surface area contributed by atoms with Crippen LogP contribution < -0.4 is 10.6 Å². The Labute approximate surface area is 144 Å². The van der Waals surface area contributed by atoms with Crippen molar-refractivity contribution < 1.29 is 18.3 Å². The summed E-state index contributed by atoms with van der Waals surface area (Å²) in [5.74, 6) is -0.203. The average molecular weight is 369 g/mol. The van der Waals surface area contributed by atoms with E-state index in [1.54, 1.807) is 18.2 Å². The monoisotopic (exact) mass is 369 g/mol. The molecule has 3 aliphatic rings. The molecule has 1 amide bonds. The highest BCUT2D eigenvalue weighted by Crippen LogP contribution is 2.40. The molecular weight excluding hydrogens is 350 g/mol. The molecule has 3 aliphatic heterocycles. The molecule has 3 heterocycles. The van der Waals surface area contributed by atoms with Gasteiger partial charge in [-0.25, -0.2) is 8.42 Å². The van der Waals surface area contributed by atoms with E-state index in [9.17, 15) is 18.3 Å². The number of carbonyl (C=O) groups is 1. The number of hydrogen-bond donors (Lipinski definition) is 3. The van der Waals surface area contributed by atoms with E-state index in [4.69, 9.17) is 0 Å². The topological polar surface area (TPSA) is 98.7 Å². The number of piperidine rings is 1. The summed E-state index contributed by atoms with van der Waals surface area (Å²) >= 11 is 1.24. The first-order chi connectivity index (χ1) is 11.5. The summed E-state index contributed by atoms with van der Waals surface area (Å²) in [5, 5.41) is 15.3. The second-order valence-electron chi connectivity index (χ2n) is 6.29. The second kappa shape index (κ2) is 5.91. The number of fused-ring (bicyclic) bond motifs is 3. The van der Waals surface area contributed by atoms with Crippen LogP contribution in [0, 0.1) is 0 Å². The molecule has 4 rings (SSSR count). The first-order valence-corrected chi connectivity index (χ1v) is 10.4. The summed E-state index contributed by atoms with van der Waals surface area (Å²) in [6.45, 7) is 0.514. The number of aliphatic hydroxyl groups is 1. The summed E-state index contributed by atoms with van der Waals surface area (Å²) in [6, 6.07) is 4.03. The zero-order chi connectivity index (χ0) is 16.9. The second-order valence-corrected chi connectivity index (χ2v) is 9.25. The van der Waals surface area contributed by atoms with Gasteiger partial charge < -0.3 is 15.7 Å². The summed E-state index contributed by atoms with van der Waals surface area (Å²) in [5.41, 5.74) is -0.153. The van der Waals surface area contributed by atoms with E-state index in [0.29, 0.717) is 25.1 Å². The number of amides is 1. The third-order valence-corrected chi connectivity index (χ3v) is 7.71. The van der Waals surface area contributed by atoms with E-state index < -0.39 is 21.6 Å². The van der Waals surface area contributed by atoms with Gasteiger partial charge in [-0.2, -0.15) is 4.31 Å². The first-order valence-electron chi connectivity index (χ1n) is 8.03. The number of carbonyl (C=O) groups excluding carboxylic acids is 1. The molecule has 130 valence electrons. The van der Waals surface area contributed by atoms with Crippen molar-refractivity contribution in [2.24, 2.45) is 0 Å². The Morgan fingerprint density at radius 1 is 1.25 bits per heavy atom. The van der Waals surface area contributed by atoms with Gasteiger partial charge in [-0.05, 0) is 43.9 Å². The van der Waals surface area contributed by atoms with Gasteiger partial charge in [-0.3, -0.25) is 4.79 Å². The molecule has 2 saturated heterocycles. The minimum Gasteiger partial charge on any atom is -0.364 e. The molecule has 9 heteroatoms. The van der Waals surface area contributed by atoms with E-state index in [2.05, 4.69) is 10.6 Å². The molecule has 3 N–H and O–H groups in total. The fraction of sp³-hybridized carbons (Fsp3) is 0.533. The van der Waals surface area contributed by atoms with Gasteiger partial charge in [-0.15, -0.1) is 0 Å². The number of anilines is 1. The SMILES string of the molecule is O=C1NCCC2CCCC1N2S(=O)(=O)c1ccc2c(c1)NC(O)S2. The molecule has 2 fully saturated rings. The van der Waals surface area contributed by atoms with E-state index in [1.807, 2.05) is 0 Å². The lowest BCUT2D eigenvalue weighted by Gasteiger charge is -2.37. The molecule has 3 unspecified atom stereocenters. The van der Waals surface area contributed by atoms with Gasteiger partial charge in [0.25, 0.3) is 0 Å². The molecule has 0 aromatic heterocycles. The van der Waals surface area contributed by atoms with Crippen molar-refractivity contribution in [2.45, 2.75) is 53.1 Å². The summed E-state index contributed by atoms with van der Waals surface area (Å²) < 4.78 is 27.9. The lowest BCUT2D eigenvalue weighted by Crippen LogP contribution is -2.53. The number of rotatable bonds is 2. The molecule has 24 heavy (non-hydrogen) atoms. The largest absolute Gasteiger partial charge is 0.364 e. The molecule has 0 aliphatic carbocycles. The molecule has 0 spiro atoms. The number of benzene rings is 1. The normalized spacial score (nSPS) is 30.2. The van der Waals surface area contributed by atoms with Crippen molar-refractivity contribution in [3.8, 4) is 0 Å². The summed E-state index contributed by atoms with van der Waals surface area (Å²) in [7, 11) is -3.77. The van der Waals surface area contributed by atoms with Gasteiger partial charge in [0.1, 0.15) is 6.04 Å². The highest BCUT2D eigenvalue weighted by Gasteiger charge is 2.44. The van der Waals surface area contributed by atoms with Crippen LogP contribution in [-0.4, -0.2) is 47.9 Å². The van der Waals surface area contributed by atoms with Crippen LogP contribution in [0.15, 0.2) is 28.0 Å². The predicted molar refractivity (Wildman–Crippen MR) is 90.0 cm³/mol. The number of aliphatic hydroxyl groups excluding tert-OH is 1. The first kappa shape index (κ1) is 16.2. The van der Waals surface area contributed by atoms with Crippen LogP contribution in [0.5, 0.6) is 0 Å². The van der Waals surface area contributed by atoms with Crippen molar-refractivity contribution in [1.82, 2.24) is 9.62 Å². The zero-order valence-electron chi connectivity index (χ0n) is 12.9. The number of sulfonamides is 1. The number of nitrogens with one attached hydrogen (secondary N) is 2. The molecule has 2 bridgehead atoms. The minimum absolute atomic E-state index is 0.145. The van der Waals surface area contributed by atoms with Gasteiger partial charge >= 0.3 is 0 Å². The molecule has 7 nitrogen and oxygen atoms in total. The van der Waals surface area contributed by atoms with Gasteiger partial charge in [0.2, 0.25) is 15.9 Å². The van der Waals surface area contributed by atoms with Crippen molar-refractivity contribution >= 4 is 33.4 Å². The number of nitrogens with zero attached hydrogens (tertiary/aromatic N) is 1. The van der Waals surface area contributed by atoms with Crippen LogP contribution >= 0.6 is 11.8 Å². The standard InChI is InChI=1S/C15H19N3O4S2/c19-14-12-3-1-2-9(6-7-16-14)18(12)24(21,22)10-4-5-13-11(8-10)17-15(20)23-13/h4-5,8-9,12,15,17,20H,1-3,6-7H2,(H,16,19). The Morgan fingerprint density at radius 3 is 2.92 bits per heavy atom. The number of hydrogen-bond acceptors (Lipinski definition) is 6. The van der Waals surface area contributed by atoms with Crippen molar-refractivity contribution in [3.05, 3.63) is 18.2 Å². The van der Waals surface area contributed by atoms with Crippen LogP contribution in [0.4, 0.5) is 5.69 Å². The van der Waals surface area contributed by atoms with E-state index in [1.165, 1.54) is 16.1 Å². The maximum absolute atomic E-state index is 13.2. The molecule has 0 radical (unpaired) electrons. The fourth-order valence-corrected chi connectivity index (χ4v) is 6.41. The van der Waals surface area contributed by atoms with Crippen LogP contribution in [0.25, 0.3) is 0 Å². The Morgan fingerprint density at radius 2 is 2.08 bits per heavy atom. The summed E-state index contributed by atoms with van der Waals surface area (Å²) in [4.78, 5) is 13.3. The Kier molecular flexibility index (Phi) is 3.98. The highest BCUT2D eigenvalue weighted by atomic mass is 32.2. The summed E-state index contributed by atoms with van der Waals surface area (Å²) in [6.07, 6.45) is 2.84. The van der Waals surface area contributed by atoms with Crippen LogP contribution in [-0.2, 0) is 14.8 Å². The van der Waals surface area contributed by atoms with Gasteiger partial charge in [0.05, 0.1) is 10.6 Å². The maximum Gasteiger partial charge on any atom is 0.244 e. The molecule has 1 aromatic carbocycles. The Hall–Kier alpha value is -1.29. The van der Waals surface area contributed by atoms with Gasteiger partial charge in [0.15, 0.2) is 5.56 Å². The molecule has 1 aromatic rings. The van der Waals surface area contributed by atoms with Crippen molar-refractivity contribution in [3.63, 3.8) is 0 Å².